The first kappa shape index (κ1) is 14.5. The molecule has 0 unspecified atom stereocenters. The molecule has 1 aromatic heterocycles. The average molecular weight is 253 g/mol. The third kappa shape index (κ3) is 3.75. The summed E-state index contributed by atoms with van der Waals surface area (Å²) in [6.45, 7) is 8.43. The van der Waals surface area contributed by atoms with Gasteiger partial charge in [-0.25, -0.2) is 0 Å². The van der Waals surface area contributed by atoms with Crippen molar-refractivity contribution >= 4 is 5.69 Å². The van der Waals surface area contributed by atoms with Crippen LogP contribution in [0.4, 0.5) is 5.69 Å². The van der Waals surface area contributed by atoms with Crippen LogP contribution in [0, 0.1) is 29.9 Å². The number of nitro groups is 1. The van der Waals surface area contributed by atoms with Gasteiger partial charge < -0.3 is 4.84 Å². The molecular weight excluding hydrogens is 234 g/mol. The van der Waals surface area contributed by atoms with Gasteiger partial charge in [0.1, 0.15) is 0 Å². The van der Waals surface area contributed by atoms with E-state index in [0.29, 0.717) is 35.9 Å². The smallest absolute Gasteiger partial charge is 0.278 e. The third-order valence-electron chi connectivity index (χ3n) is 2.52. The molecule has 1 N–H and O–H groups in total. The lowest BCUT2D eigenvalue weighted by Gasteiger charge is -2.10. The minimum atomic E-state index is -0.370. The molecule has 0 radical (unpaired) electrons. The van der Waals surface area contributed by atoms with Gasteiger partial charge in [0.15, 0.2) is 0 Å². The zero-order valence-corrected chi connectivity index (χ0v) is 11.2. The Bertz CT molecular complexity index is 433. The first-order valence-electron chi connectivity index (χ1n) is 5.87. The Labute approximate surface area is 106 Å². The van der Waals surface area contributed by atoms with E-state index in [1.165, 1.54) is 6.20 Å². The summed E-state index contributed by atoms with van der Waals surface area (Å²) in [5.41, 5.74) is 4.70. The number of hydrogen-bond acceptors (Lipinski definition) is 5. The van der Waals surface area contributed by atoms with Crippen molar-refractivity contribution in [3.63, 3.8) is 0 Å². The third-order valence-corrected chi connectivity index (χ3v) is 2.52. The van der Waals surface area contributed by atoms with E-state index < -0.39 is 0 Å². The van der Waals surface area contributed by atoms with Gasteiger partial charge in [0, 0.05) is 17.3 Å². The molecule has 1 rings (SSSR count). The molecule has 100 valence electrons. The molecule has 1 aromatic rings. The zero-order chi connectivity index (χ0) is 13.7. The van der Waals surface area contributed by atoms with Gasteiger partial charge in [0.2, 0.25) is 0 Å². The largest absolute Gasteiger partial charge is 0.301 e. The quantitative estimate of drug-likeness (QED) is 0.478. The van der Waals surface area contributed by atoms with Crippen LogP contribution < -0.4 is 5.48 Å². The summed E-state index contributed by atoms with van der Waals surface area (Å²) >= 11 is 0. The normalized spacial score (nSPS) is 10.9. The van der Waals surface area contributed by atoms with Crippen molar-refractivity contribution in [3.05, 3.63) is 33.1 Å². The van der Waals surface area contributed by atoms with Crippen LogP contribution in [0.5, 0.6) is 0 Å². The molecule has 0 aliphatic rings. The van der Waals surface area contributed by atoms with E-state index in [0.717, 1.165) is 0 Å². The van der Waals surface area contributed by atoms with E-state index in [1.54, 1.807) is 13.8 Å². The highest BCUT2D eigenvalue weighted by Gasteiger charge is 2.18. The van der Waals surface area contributed by atoms with E-state index >= 15 is 0 Å². The molecule has 0 fully saturated rings. The summed E-state index contributed by atoms with van der Waals surface area (Å²) in [5, 5.41) is 10.9. The van der Waals surface area contributed by atoms with Crippen LogP contribution in [0.25, 0.3) is 0 Å². The van der Waals surface area contributed by atoms with Crippen LogP contribution in [0.2, 0.25) is 0 Å². The summed E-state index contributed by atoms with van der Waals surface area (Å²) in [6, 6.07) is 0. The van der Waals surface area contributed by atoms with Crippen molar-refractivity contribution < 1.29 is 9.76 Å². The number of aromatic nitrogens is 1. The lowest BCUT2D eigenvalue weighted by Crippen LogP contribution is -2.19. The summed E-state index contributed by atoms with van der Waals surface area (Å²) in [4.78, 5) is 20.0. The lowest BCUT2D eigenvalue weighted by atomic mass is 10.1. The van der Waals surface area contributed by atoms with Gasteiger partial charge in [-0.1, -0.05) is 13.8 Å². The van der Waals surface area contributed by atoms with Crippen molar-refractivity contribution in [1.29, 1.82) is 0 Å². The van der Waals surface area contributed by atoms with E-state index in [9.17, 15) is 10.1 Å². The molecule has 0 saturated carbocycles. The molecule has 6 nitrogen and oxygen atoms in total. The fourth-order valence-corrected chi connectivity index (χ4v) is 1.57. The molecule has 0 aliphatic heterocycles. The molecule has 18 heavy (non-hydrogen) atoms. The topological polar surface area (TPSA) is 77.3 Å². The van der Waals surface area contributed by atoms with Crippen LogP contribution in [0.15, 0.2) is 6.20 Å². The van der Waals surface area contributed by atoms with Gasteiger partial charge >= 0.3 is 0 Å². The van der Waals surface area contributed by atoms with Gasteiger partial charge in [0.25, 0.3) is 5.69 Å². The van der Waals surface area contributed by atoms with Crippen molar-refractivity contribution in [2.45, 2.75) is 34.2 Å². The number of nitrogens with zero attached hydrogens (tertiary/aromatic N) is 2. The highest BCUT2D eigenvalue weighted by Crippen LogP contribution is 2.23. The number of hydroxylamine groups is 1. The fraction of sp³-hybridized carbons (Fsp3) is 0.583. The van der Waals surface area contributed by atoms with Gasteiger partial charge in [-0.05, 0) is 19.8 Å². The number of nitrogens with one attached hydrogen (secondary N) is 1. The fourth-order valence-electron chi connectivity index (χ4n) is 1.57. The number of rotatable bonds is 6. The number of hydrogen-bond donors (Lipinski definition) is 1. The summed E-state index contributed by atoms with van der Waals surface area (Å²) in [6.07, 6.45) is 1.52. The molecule has 0 saturated heterocycles. The van der Waals surface area contributed by atoms with Crippen molar-refractivity contribution in [2.24, 2.45) is 5.92 Å². The molecule has 1 heterocycles. The molecule has 0 spiro atoms. The Morgan fingerprint density at radius 1 is 1.50 bits per heavy atom. The van der Waals surface area contributed by atoms with Gasteiger partial charge in [-0.3, -0.25) is 15.1 Å². The second kappa shape index (κ2) is 6.42. The number of pyridine rings is 1. The maximum Gasteiger partial charge on any atom is 0.278 e. The van der Waals surface area contributed by atoms with Crippen LogP contribution in [-0.4, -0.2) is 16.5 Å². The van der Waals surface area contributed by atoms with Crippen molar-refractivity contribution in [3.8, 4) is 0 Å². The van der Waals surface area contributed by atoms with E-state index in [4.69, 9.17) is 4.84 Å². The van der Waals surface area contributed by atoms with Gasteiger partial charge in [-0.2, -0.15) is 5.48 Å². The predicted molar refractivity (Wildman–Crippen MR) is 68.0 cm³/mol. The molecule has 0 amide bonds. The number of aryl methyl sites for hydroxylation is 1. The van der Waals surface area contributed by atoms with Crippen LogP contribution in [0.1, 0.15) is 30.7 Å². The Balaban J connectivity index is 2.73. The molecule has 6 heteroatoms. The summed E-state index contributed by atoms with van der Waals surface area (Å²) in [5.74, 6) is 0.430. The molecule has 0 atom stereocenters. The molecule has 0 aromatic carbocycles. The minimum absolute atomic E-state index is 0.130. The molecular formula is C12H19N3O3. The minimum Gasteiger partial charge on any atom is -0.301 e. The van der Waals surface area contributed by atoms with Gasteiger partial charge in [-0.15, -0.1) is 0 Å². The zero-order valence-electron chi connectivity index (χ0n) is 11.2. The standard InChI is InChI=1S/C12H19N3O3/c1-8(2)7-18-14-6-11-10(4)12(15(16)17)9(3)5-13-11/h5,8,14H,6-7H2,1-4H3. The van der Waals surface area contributed by atoms with Crippen molar-refractivity contribution in [2.75, 3.05) is 6.61 Å². The first-order valence-corrected chi connectivity index (χ1v) is 5.87. The Morgan fingerprint density at radius 2 is 2.17 bits per heavy atom. The van der Waals surface area contributed by atoms with Crippen LogP contribution >= 0.6 is 0 Å². The van der Waals surface area contributed by atoms with E-state index in [2.05, 4.69) is 10.5 Å². The van der Waals surface area contributed by atoms with E-state index in [-0.39, 0.29) is 10.6 Å². The second-order valence-electron chi connectivity index (χ2n) is 4.64. The average Bonchev–Trinajstić information content (AvgIpc) is 2.26. The van der Waals surface area contributed by atoms with Crippen LogP contribution in [-0.2, 0) is 11.4 Å². The SMILES string of the molecule is Cc1cnc(CNOCC(C)C)c(C)c1[N+](=O)[O-]. The van der Waals surface area contributed by atoms with Crippen molar-refractivity contribution in [1.82, 2.24) is 10.5 Å². The Morgan fingerprint density at radius 3 is 2.72 bits per heavy atom. The molecule has 0 bridgehead atoms. The first-order chi connectivity index (χ1) is 8.43. The highest BCUT2D eigenvalue weighted by molar-refractivity contribution is 5.47. The Kier molecular flexibility index (Phi) is 5.18. The summed E-state index contributed by atoms with van der Waals surface area (Å²) in [7, 11) is 0. The summed E-state index contributed by atoms with van der Waals surface area (Å²) < 4.78 is 0. The van der Waals surface area contributed by atoms with Gasteiger partial charge in [0.05, 0.1) is 23.8 Å². The maximum atomic E-state index is 10.9. The monoisotopic (exact) mass is 253 g/mol. The predicted octanol–water partition coefficient (Wildman–Crippen LogP) is 2.28. The van der Waals surface area contributed by atoms with Crippen LogP contribution in [0.3, 0.4) is 0 Å². The lowest BCUT2D eigenvalue weighted by molar-refractivity contribution is -0.386. The second-order valence-corrected chi connectivity index (χ2v) is 4.64. The van der Waals surface area contributed by atoms with E-state index in [1.807, 2.05) is 13.8 Å². The molecule has 0 aliphatic carbocycles. The Hall–Kier alpha value is -1.53. The highest BCUT2D eigenvalue weighted by atomic mass is 16.6. The maximum absolute atomic E-state index is 10.9.